The molecule has 5 heteroatoms. The van der Waals surface area contributed by atoms with Gasteiger partial charge in [0.05, 0.1) is 5.92 Å². The van der Waals surface area contributed by atoms with Gasteiger partial charge in [-0.25, -0.2) is 0 Å². The summed E-state index contributed by atoms with van der Waals surface area (Å²) in [4.78, 5) is 25.0. The highest BCUT2D eigenvalue weighted by atomic mass is 16.5. The summed E-state index contributed by atoms with van der Waals surface area (Å²) in [5.74, 6) is -0.659. The van der Waals surface area contributed by atoms with Crippen LogP contribution in [0.2, 0.25) is 0 Å². The standard InChI is InChI=1S/C24H24N2O3/c1-17-13-18(2)15-21(14-17)29-16-22(27)25-26-24(28)23(19-9-5-3-6-10-19)20-11-7-4-8-12-20/h3-15,23H,16H2,1-2H3,(H,25,27)(H,26,28). The van der Waals surface area contributed by atoms with Crippen LogP contribution >= 0.6 is 0 Å². The first-order valence-electron chi connectivity index (χ1n) is 9.42. The van der Waals surface area contributed by atoms with Gasteiger partial charge in [-0.2, -0.15) is 0 Å². The molecule has 2 N–H and O–H groups in total. The summed E-state index contributed by atoms with van der Waals surface area (Å²) in [5.41, 5.74) is 8.76. The highest BCUT2D eigenvalue weighted by molar-refractivity contribution is 5.89. The summed E-state index contributed by atoms with van der Waals surface area (Å²) in [6, 6.07) is 24.6. The van der Waals surface area contributed by atoms with Crippen molar-refractivity contribution in [1.82, 2.24) is 10.9 Å². The Labute approximate surface area is 170 Å². The van der Waals surface area contributed by atoms with Crippen LogP contribution in [0.25, 0.3) is 0 Å². The number of benzene rings is 3. The molecule has 3 aromatic carbocycles. The third-order valence-corrected chi connectivity index (χ3v) is 4.42. The third-order valence-electron chi connectivity index (χ3n) is 4.42. The molecule has 2 amide bonds. The molecule has 5 nitrogen and oxygen atoms in total. The maximum absolute atomic E-state index is 12.8. The second-order valence-electron chi connectivity index (χ2n) is 6.90. The average Bonchev–Trinajstić information content (AvgIpc) is 2.72. The van der Waals surface area contributed by atoms with Gasteiger partial charge in [0.25, 0.3) is 5.91 Å². The molecule has 0 aliphatic carbocycles. The van der Waals surface area contributed by atoms with Crippen LogP contribution in [-0.4, -0.2) is 18.4 Å². The Morgan fingerprint density at radius 2 is 1.31 bits per heavy atom. The van der Waals surface area contributed by atoms with E-state index in [0.29, 0.717) is 5.75 Å². The fraction of sp³-hybridized carbons (Fsp3) is 0.167. The summed E-state index contributed by atoms with van der Waals surface area (Å²) in [7, 11) is 0. The molecular weight excluding hydrogens is 364 g/mol. The summed E-state index contributed by atoms with van der Waals surface area (Å²) < 4.78 is 5.53. The lowest BCUT2D eigenvalue weighted by Crippen LogP contribution is -2.46. The van der Waals surface area contributed by atoms with Gasteiger partial charge in [0.1, 0.15) is 5.75 Å². The number of ether oxygens (including phenoxy) is 1. The molecule has 0 unspecified atom stereocenters. The molecule has 0 fully saturated rings. The van der Waals surface area contributed by atoms with Crippen molar-refractivity contribution in [3.63, 3.8) is 0 Å². The molecule has 0 saturated carbocycles. The minimum absolute atomic E-state index is 0.190. The van der Waals surface area contributed by atoms with Crippen molar-refractivity contribution in [3.05, 3.63) is 101 Å². The van der Waals surface area contributed by atoms with Crippen LogP contribution in [0.15, 0.2) is 78.9 Å². The lowest BCUT2D eigenvalue weighted by atomic mass is 9.91. The molecule has 0 aliphatic rings. The van der Waals surface area contributed by atoms with Crippen molar-refractivity contribution in [2.75, 3.05) is 6.61 Å². The number of carbonyl (C=O) groups excluding carboxylic acids is 2. The Hall–Kier alpha value is -3.60. The largest absolute Gasteiger partial charge is 0.484 e. The molecule has 0 aliphatic heterocycles. The number of nitrogens with one attached hydrogen (secondary N) is 2. The van der Waals surface area contributed by atoms with E-state index in [0.717, 1.165) is 22.3 Å². The van der Waals surface area contributed by atoms with Gasteiger partial charge < -0.3 is 4.74 Å². The summed E-state index contributed by atoms with van der Waals surface area (Å²) >= 11 is 0. The monoisotopic (exact) mass is 388 g/mol. The van der Waals surface area contributed by atoms with Crippen molar-refractivity contribution < 1.29 is 14.3 Å². The second-order valence-corrected chi connectivity index (χ2v) is 6.90. The summed E-state index contributed by atoms with van der Waals surface area (Å²) in [6.45, 7) is 3.74. The molecule has 0 bridgehead atoms. The molecule has 0 spiro atoms. The van der Waals surface area contributed by atoms with Crippen molar-refractivity contribution in [2.24, 2.45) is 0 Å². The quantitative estimate of drug-likeness (QED) is 0.633. The lowest BCUT2D eigenvalue weighted by Gasteiger charge is -2.18. The third kappa shape index (κ3) is 5.69. The van der Waals surface area contributed by atoms with Gasteiger partial charge in [-0.3, -0.25) is 20.4 Å². The second kappa shape index (κ2) is 9.55. The highest BCUT2D eigenvalue weighted by Crippen LogP contribution is 2.24. The van der Waals surface area contributed by atoms with Crippen molar-refractivity contribution in [1.29, 1.82) is 0 Å². The van der Waals surface area contributed by atoms with Crippen molar-refractivity contribution in [3.8, 4) is 5.75 Å². The van der Waals surface area contributed by atoms with E-state index in [1.807, 2.05) is 92.7 Å². The number of carbonyl (C=O) groups is 2. The van der Waals surface area contributed by atoms with E-state index in [9.17, 15) is 9.59 Å². The predicted octanol–water partition coefficient (Wildman–Crippen LogP) is 3.66. The van der Waals surface area contributed by atoms with E-state index < -0.39 is 11.8 Å². The molecule has 29 heavy (non-hydrogen) atoms. The average molecular weight is 388 g/mol. The van der Waals surface area contributed by atoms with Gasteiger partial charge in [-0.15, -0.1) is 0 Å². The fourth-order valence-electron chi connectivity index (χ4n) is 3.19. The van der Waals surface area contributed by atoms with Crippen molar-refractivity contribution >= 4 is 11.8 Å². The number of aryl methyl sites for hydroxylation is 2. The minimum atomic E-state index is -0.530. The molecule has 0 aromatic heterocycles. The van der Waals surface area contributed by atoms with Crippen LogP contribution in [0.1, 0.15) is 28.2 Å². The number of hydrazine groups is 1. The first kappa shape index (κ1) is 20.1. The molecule has 0 saturated heterocycles. The number of hydrogen-bond acceptors (Lipinski definition) is 3. The molecule has 3 aromatic rings. The SMILES string of the molecule is Cc1cc(C)cc(OCC(=O)NNC(=O)C(c2ccccc2)c2ccccc2)c1. The van der Waals surface area contributed by atoms with Crippen LogP contribution in [0, 0.1) is 13.8 Å². The van der Waals surface area contributed by atoms with Crippen LogP contribution < -0.4 is 15.6 Å². The Morgan fingerprint density at radius 3 is 1.83 bits per heavy atom. The van der Waals surface area contributed by atoms with Gasteiger partial charge in [0.15, 0.2) is 6.61 Å². The van der Waals surface area contributed by atoms with E-state index in [-0.39, 0.29) is 12.5 Å². The van der Waals surface area contributed by atoms with Gasteiger partial charge >= 0.3 is 0 Å². The summed E-state index contributed by atoms with van der Waals surface area (Å²) in [6.07, 6.45) is 0. The zero-order chi connectivity index (χ0) is 20.6. The van der Waals surface area contributed by atoms with E-state index in [1.165, 1.54) is 0 Å². The van der Waals surface area contributed by atoms with Gasteiger partial charge in [0.2, 0.25) is 5.91 Å². The lowest BCUT2D eigenvalue weighted by molar-refractivity contribution is -0.130. The first-order chi connectivity index (χ1) is 14.0. The zero-order valence-corrected chi connectivity index (χ0v) is 16.5. The topological polar surface area (TPSA) is 67.4 Å². The van der Waals surface area contributed by atoms with Crippen LogP contribution in [0.3, 0.4) is 0 Å². The Kier molecular flexibility index (Phi) is 6.63. The molecule has 148 valence electrons. The van der Waals surface area contributed by atoms with Crippen LogP contribution in [0.5, 0.6) is 5.75 Å². The first-order valence-corrected chi connectivity index (χ1v) is 9.42. The predicted molar refractivity (Wildman–Crippen MR) is 112 cm³/mol. The van der Waals surface area contributed by atoms with Crippen LogP contribution in [0.4, 0.5) is 0 Å². The fourth-order valence-corrected chi connectivity index (χ4v) is 3.19. The van der Waals surface area contributed by atoms with Crippen LogP contribution in [-0.2, 0) is 9.59 Å². The van der Waals surface area contributed by atoms with Gasteiger partial charge in [0, 0.05) is 0 Å². The normalized spacial score (nSPS) is 10.4. The Morgan fingerprint density at radius 1 is 0.793 bits per heavy atom. The molecule has 0 radical (unpaired) electrons. The van der Waals surface area contributed by atoms with E-state index >= 15 is 0 Å². The maximum Gasteiger partial charge on any atom is 0.276 e. The van der Waals surface area contributed by atoms with E-state index in [4.69, 9.17) is 4.74 Å². The molecule has 3 rings (SSSR count). The molecule has 0 atom stereocenters. The van der Waals surface area contributed by atoms with Crippen molar-refractivity contribution in [2.45, 2.75) is 19.8 Å². The maximum atomic E-state index is 12.8. The smallest absolute Gasteiger partial charge is 0.276 e. The van der Waals surface area contributed by atoms with Gasteiger partial charge in [-0.05, 0) is 48.2 Å². The number of hydrogen-bond donors (Lipinski definition) is 2. The molecule has 0 heterocycles. The number of amides is 2. The number of rotatable bonds is 6. The highest BCUT2D eigenvalue weighted by Gasteiger charge is 2.22. The van der Waals surface area contributed by atoms with E-state index in [1.54, 1.807) is 0 Å². The zero-order valence-electron chi connectivity index (χ0n) is 16.5. The Bertz CT molecular complexity index is 912. The Balaban J connectivity index is 1.62. The van der Waals surface area contributed by atoms with Gasteiger partial charge in [-0.1, -0.05) is 66.7 Å². The molecular formula is C24H24N2O3. The van der Waals surface area contributed by atoms with E-state index in [2.05, 4.69) is 10.9 Å². The minimum Gasteiger partial charge on any atom is -0.484 e. The summed E-state index contributed by atoms with van der Waals surface area (Å²) in [5, 5.41) is 0.